The van der Waals surface area contributed by atoms with Gasteiger partial charge in [0.2, 0.25) is 0 Å². The number of nitrogens with one attached hydrogen (secondary N) is 2. The number of aromatic amines is 1. The maximum atomic E-state index is 12.3. The monoisotopic (exact) mass is 347 g/mol. The van der Waals surface area contributed by atoms with E-state index in [1.54, 1.807) is 0 Å². The minimum absolute atomic E-state index is 0.297. The topological polar surface area (TPSA) is 70.9 Å². The van der Waals surface area contributed by atoms with E-state index in [1.807, 2.05) is 38.1 Å². The molecule has 3 aromatic rings. The summed E-state index contributed by atoms with van der Waals surface area (Å²) in [6.45, 7) is 3.88. The van der Waals surface area contributed by atoms with Gasteiger partial charge in [0.05, 0.1) is 0 Å². The summed E-state index contributed by atoms with van der Waals surface area (Å²) in [6, 6.07) is 7.47. The van der Waals surface area contributed by atoms with Crippen LogP contribution in [-0.4, -0.2) is 16.1 Å². The normalized spacial score (nSPS) is 11.0. The molecule has 5 nitrogen and oxygen atoms in total. The van der Waals surface area contributed by atoms with Crippen LogP contribution < -0.4 is 5.32 Å². The molecule has 3 rings (SSSR count). The van der Waals surface area contributed by atoms with E-state index >= 15 is 0 Å². The highest BCUT2D eigenvalue weighted by Crippen LogP contribution is 2.28. The third kappa shape index (κ3) is 2.58. The molecule has 0 spiro atoms. The molecular formula is C15H14BrN3O2. The Labute approximate surface area is 129 Å². The molecule has 0 radical (unpaired) electrons. The molecule has 0 atom stereocenters. The summed E-state index contributed by atoms with van der Waals surface area (Å²) in [5.74, 6) is 0.510. The predicted octanol–water partition coefficient (Wildman–Crippen LogP) is 4.04. The fourth-order valence-electron chi connectivity index (χ4n) is 2.19. The Bertz CT molecular complexity index is 820. The number of carbonyl (C=O) groups excluding carboxylic acids is 1. The first kappa shape index (κ1) is 13.9. The number of rotatable bonds is 3. The highest BCUT2D eigenvalue weighted by molar-refractivity contribution is 9.10. The molecule has 21 heavy (non-hydrogen) atoms. The third-order valence-corrected chi connectivity index (χ3v) is 3.85. The van der Waals surface area contributed by atoms with Crippen molar-refractivity contribution in [3.8, 4) is 0 Å². The second-order valence-corrected chi connectivity index (χ2v) is 5.70. The number of amides is 1. The number of nitrogens with zero attached hydrogens (tertiary/aromatic N) is 1. The van der Waals surface area contributed by atoms with Crippen molar-refractivity contribution in [1.29, 1.82) is 0 Å². The first-order valence-corrected chi connectivity index (χ1v) is 7.42. The average Bonchev–Trinajstić information content (AvgIpc) is 3.04. The highest BCUT2D eigenvalue weighted by Gasteiger charge is 2.18. The predicted molar refractivity (Wildman–Crippen MR) is 84.6 cm³/mol. The molecule has 0 fully saturated rings. The van der Waals surface area contributed by atoms with Crippen molar-refractivity contribution < 1.29 is 9.21 Å². The number of carbonyl (C=O) groups is 1. The number of halogens is 1. The Morgan fingerprint density at radius 2 is 2.24 bits per heavy atom. The zero-order valence-electron chi connectivity index (χ0n) is 11.7. The number of furan rings is 1. The van der Waals surface area contributed by atoms with E-state index in [0.29, 0.717) is 17.2 Å². The minimum Gasteiger partial charge on any atom is -0.451 e. The van der Waals surface area contributed by atoms with Crippen LogP contribution in [0.5, 0.6) is 0 Å². The largest absolute Gasteiger partial charge is 0.451 e. The lowest BCUT2D eigenvalue weighted by atomic mass is 10.1. The Morgan fingerprint density at radius 3 is 2.95 bits per heavy atom. The molecule has 0 saturated carbocycles. The Hall–Kier alpha value is -2.08. The molecule has 0 bridgehead atoms. The van der Waals surface area contributed by atoms with Crippen LogP contribution in [0.2, 0.25) is 0 Å². The van der Waals surface area contributed by atoms with Gasteiger partial charge in [0.25, 0.3) is 5.91 Å². The van der Waals surface area contributed by atoms with Gasteiger partial charge in [0, 0.05) is 27.2 Å². The molecule has 1 aromatic carbocycles. The molecule has 2 N–H and O–H groups in total. The summed E-state index contributed by atoms with van der Waals surface area (Å²) < 4.78 is 6.60. The van der Waals surface area contributed by atoms with Crippen LogP contribution in [0.1, 0.15) is 28.7 Å². The fourth-order valence-corrected chi connectivity index (χ4v) is 2.55. The average molecular weight is 348 g/mol. The quantitative estimate of drug-likeness (QED) is 0.750. The van der Waals surface area contributed by atoms with Gasteiger partial charge >= 0.3 is 0 Å². The third-order valence-electron chi connectivity index (χ3n) is 3.36. The number of hydrogen-bond acceptors (Lipinski definition) is 3. The number of anilines is 1. The minimum atomic E-state index is -0.297. The molecule has 0 unspecified atom stereocenters. The second-order valence-electron chi connectivity index (χ2n) is 4.78. The summed E-state index contributed by atoms with van der Waals surface area (Å²) >= 11 is 3.42. The van der Waals surface area contributed by atoms with E-state index in [-0.39, 0.29) is 5.91 Å². The van der Waals surface area contributed by atoms with Crippen molar-refractivity contribution in [2.24, 2.45) is 0 Å². The Kier molecular flexibility index (Phi) is 3.55. The number of aromatic nitrogens is 2. The van der Waals surface area contributed by atoms with E-state index in [1.165, 1.54) is 0 Å². The number of hydrogen-bond donors (Lipinski definition) is 2. The summed E-state index contributed by atoms with van der Waals surface area (Å²) in [4.78, 5) is 12.3. The summed E-state index contributed by atoms with van der Waals surface area (Å²) in [7, 11) is 0. The van der Waals surface area contributed by atoms with Crippen LogP contribution in [0, 0.1) is 6.92 Å². The molecule has 0 aliphatic rings. The van der Waals surface area contributed by atoms with Gasteiger partial charge in [0.1, 0.15) is 5.58 Å². The summed E-state index contributed by atoms with van der Waals surface area (Å²) in [6.07, 6.45) is 0.834. The van der Waals surface area contributed by atoms with Crippen molar-refractivity contribution in [1.82, 2.24) is 10.2 Å². The number of H-pyrrole nitrogens is 1. The maximum Gasteiger partial charge on any atom is 0.292 e. The Balaban J connectivity index is 1.92. The van der Waals surface area contributed by atoms with Crippen LogP contribution in [0.15, 0.2) is 33.2 Å². The smallest absolute Gasteiger partial charge is 0.292 e. The van der Waals surface area contributed by atoms with E-state index in [2.05, 4.69) is 31.4 Å². The van der Waals surface area contributed by atoms with E-state index in [9.17, 15) is 4.79 Å². The van der Waals surface area contributed by atoms with Crippen LogP contribution in [-0.2, 0) is 6.42 Å². The van der Waals surface area contributed by atoms with Gasteiger partial charge in [-0.1, -0.05) is 22.9 Å². The van der Waals surface area contributed by atoms with Gasteiger partial charge in [-0.3, -0.25) is 9.89 Å². The van der Waals surface area contributed by atoms with Crippen molar-refractivity contribution in [3.05, 3.63) is 45.8 Å². The van der Waals surface area contributed by atoms with Gasteiger partial charge in [-0.15, -0.1) is 0 Å². The molecule has 108 valence electrons. The molecule has 2 heterocycles. The van der Waals surface area contributed by atoms with E-state index < -0.39 is 0 Å². The molecule has 0 aliphatic carbocycles. The van der Waals surface area contributed by atoms with Gasteiger partial charge in [-0.2, -0.15) is 5.10 Å². The lowest BCUT2D eigenvalue weighted by Gasteiger charge is -1.99. The summed E-state index contributed by atoms with van der Waals surface area (Å²) in [5.41, 5.74) is 2.47. The van der Waals surface area contributed by atoms with Crippen molar-refractivity contribution >= 4 is 38.6 Å². The van der Waals surface area contributed by atoms with E-state index in [4.69, 9.17) is 4.42 Å². The molecule has 0 saturated heterocycles. The van der Waals surface area contributed by atoms with E-state index in [0.717, 1.165) is 27.5 Å². The summed E-state index contributed by atoms with van der Waals surface area (Å²) in [5, 5.41) is 10.6. The number of benzene rings is 1. The van der Waals surface area contributed by atoms with Crippen molar-refractivity contribution in [2.45, 2.75) is 20.3 Å². The highest BCUT2D eigenvalue weighted by atomic mass is 79.9. The number of fused-ring (bicyclic) bond motifs is 1. The van der Waals surface area contributed by atoms with Crippen molar-refractivity contribution in [2.75, 3.05) is 5.32 Å². The van der Waals surface area contributed by atoms with Gasteiger partial charge in [-0.25, -0.2) is 0 Å². The van der Waals surface area contributed by atoms with Gasteiger partial charge in [0.15, 0.2) is 11.6 Å². The molecule has 1 amide bonds. The fraction of sp³-hybridized carbons (Fsp3) is 0.200. The number of aryl methyl sites for hydroxylation is 2. The maximum absolute atomic E-state index is 12.3. The zero-order valence-corrected chi connectivity index (χ0v) is 13.2. The lowest BCUT2D eigenvalue weighted by Crippen LogP contribution is -2.12. The van der Waals surface area contributed by atoms with Crippen LogP contribution >= 0.6 is 15.9 Å². The molecular weight excluding hydrogens is 334 g/mol. The standard InChI is InChI=1S/C15H14BrN3O2/c1-3-10-7-13(19-18-10)17-15(20)14-8(2)11-6-9(16)4-5-12(11)21-14/h4-7H,3H2,1-2H3,(H2,17,18,19,20). The molecule has 6 heteroatoms. The molecule has 2 aromatic heterocycles. The van der Waals surface area contributed by atoms with Crippen molar-refractivity contribution in [3.63, 3.8) is 0 Å². The molecule has 0 aliphatic heterocycles. The zero-order chi connectivity index (χ0) is 15.0. The van der Waals surface area contributed by atoms with Gasteiger partial charge < -0.3 is 9.73 Å². The Morgan fingerprint density at radius 1 is 1.43 bits per heavy atom. The van der Waals surface area contributed by atoms with Crippen LogP contribution in [0.25, 0.3) is 11.0 Å². The SMILES string of the molecule is CCc1cc(NC(=O)c2oc3ccc(Br)cc3c2C)n[nH]1. The lowest BCUT2D eigenvalue weighted by molar-refractivity contribution is 0.0997. The second kappa shape index (κ2) is 5.37. The van der Waals surface area contributed by atoms with Gasteiger partial charge in [-0.05, 0) is 31.5 Å². The first-order chi connectivity index (χ1) is 10.1. The van der Waals surface area contributed by atoms with Crippen LogP contribution in [0.4, 0.5) is 5.82 Å². The first-order valence-electron chi connectivity index (χ1n) is 6.62. The van der Waals surface area contributed by atoms with Crippen LogP contribution in [0.3, 0.4) is 0 Å².